The van der Waals surface area contributed by atoms with Crippen LogP contribution in [-0.4, -0.2) is 45.1 Å². The number of carboxylic acids is 1. The van der Waals surface area contributed by atoms with Crippen LogP contribution in [0.5, 0.6) is 0 Å². The maximum absolute atomic E-state index is 12.2. The van der Waals surface area contributed by atoms with E-state index >= 15 is 0 Å². The van der Waals surface area contributed by atoms with Crippen LogP contribution in [0.3, 0.4) is 0 Å². The van der Waals surface area contributed by atoms with Crippen LogP contribution in [0, 0.1) is 0 Å². The lowest BCUT2D eigenvalue weighted by Crippen LogP contribution is -2.56. The largest absolute Gasteiger partial charge is 0.480 e. The SMILES string of the molecule is NC1(C(=O)N2CSC[C@H]2C(=O)O)CCCC1. The van der Waals surface area contributed by atoms with Crippen LogP contribution in [0.15, 0.2) is 0 Å². The molecule has 2 fully saturated rings. The van der Waals surface area contributed by atoms with E-state index in [4.69, 9.17) is 10.8 Å². The van der Waals surface area contributed by atoms with Crippen LogP contribution in [0.4, 0.5) is 0 Å². The Labute approximate surface area is 98.4 Å². The van der Waals surface area contributed by atoms with Crippen LogP contribution in [0.25, 0.3) is 0 Å². The molecule has 5 nitrogen and oxygen atoms in total. The minimum atomic E-state index is -0.931. The van der Waals surface area contributed by atoms with E-state index < -0.39 is 17.6 Å². The molecule has 0 aromatic heterocycles. The molecule has 3 N–H and O–H groups in total. The highest BCUT2D eigenvalue weighted by Crippen LogP contribution is 2.32. The molecule has 0 radical (unpaired) electrons. The minimum Gasteiger partial charge on any atom is -0.480 e. The molecular formula is C10H16N2O3S. The molecule has 90 valence electrons. The fraction of sp³-hybridized carbons (Fsp3) is 0.800. The molecule has 1 atom stereocenters. The maximum Gasteiger partial charge on any atom is 0.327 e. The van der Waals surface area contributed by atoms with Crippen LogP contribution < -0.4 is 5.73 Å². The topological polar surface area (TPSA) is 83.6 Å². The molecule has 1 saturated carbocycles. The lowest BCUT2D eigenvalue weighted by atomic mass is 9.97. The highest BCUT2D eigenvalue weighted by atomic mass is 32.2. The minimum absolute atomic E-state index is 0.178. The number of amides is 1. The summed E-state index contributed by atoms with van der Waals surface area (Å²) >= 11 is 1.47. The Morgan fingerprint density at radius 2 is 2.00 bits per heavy atom. The zero-order valence-electron chi connectivity index (χ0n) is 9.02. The normalized spacial score (nSPS) is 28.3. The van der Waals surface area contributed by atoms with Crippen LogP contribution in [0.1, 0.15) is 25.7 Å². The van der Waals surface area contributed by atoms with Gasteiger partial charge in [0, 0.05) is 5.75 Å². The lowest BCUT2D eigenvalue weighted by molar-refractivity contribution is -0.150. The summed E-state index contributed by atoms with van der Waals surface area (Å²) in [7, 11) is 0. The zero-order chi connectivity index (χ0) is 11.8. The second kappa shape index (κ2) is 4.25. The van der Waals surface area contributed by atoms with Crippen LogP contribution >= 0.6 is 11.8 Å². The van der Waals surface area contributed by atoms with E-state index in [0.29, 0.717) is 24.5 Å². The first-order valence-electron chi connectivity index (χ1n) is 5.45. The van der Waals surface area contributed by atoms with Crippen molar-refractivity contribution in [2.75, 3.05) is 11.6 Å². The molecule has 1 aliphatic carbocycles. The summed E-state index contributed by atoms with van der Waals surface area (Å²) in [5, 5.41) is 9.01. The van der Waals surface area contributed by atoms with Crippen LogP contribution in [0.2, 0.25) is 0 Å². The molecule has 16 heavy (non-hydrogen) atoms. The van der Waals surface area contributed by atoms with Gasteiger partial charge in [-0.15, -0.1) is 11.8 Å². The Morgan fingerprint density at radius 1 is 1.38 bits per heavy atom. The number of carbonyl (C=O) groups is 2. The van der Waals surface area contributed by atoms with E-state index in [9.17, 15) is 9.59 Å². The van der Waals surface area contributed by atoms with Gasteiger partial charge in [-0.3, -0.25) is 4.79 Å². The molecule has 2 rings (SSSR count). The maximum atomic E-state index is 12.2. The van der Waals surface area contributed by atoms with Crippen LogP contribution in [-0.2, 0) is 9.59 Å². The van der Waals surface area contributed by atoms with Gasteiger partial charge in [0.15, 0.2) is 0 Å². The number of thioether (sulfide) groups is 1. The summed E-state index contributed by atoms with van der Waals surface area (Å²) in [5.74, 6) is -0.186. The smallest absolute Gasteiger partial charge is 0.327 e. The molecule has 2 aliphatic rings. The van der Waals surface area contributed by atoms with Gasteiger partial charge in [-0.05, 0) is 12.8 Å². The first kappa shape index (κ1) is 11.7. The van der Waals surface area contributed by atoms with Crippen molar-refractivity contribution >= 4 is 23.6 Å². The zero-order valence-corrected chi connectivity index (χ0v) is 9.83. The van der Waals surface area contributed by atoms with Crippen molar-refractivity contribution in [2.45, 2.75) is 37.3 Å². The quantitative estimate of drug-likeness (QED) is 0.727. The molecular weight excluding hydrogens is 228 g/mol. The Bertz CT molecular complexity index is 315. The Morgan fingerprint density at radius 3 is 2.56 bits per heavy atom. The van der Waals surface area contributed by atoms with E-state index in [0.717, 1.165) is 12.8 Å². The number of aliphatic carboxylic acids is 1. The summed E-state index contributed by atoms with van der Waals surface area (Å²) in [5.41, 5.74) is 5.24. The molecule has 0 aromatic carbocycles. The standard InChI is InChI=1S/C10H16N2O3S/c11-10(3-1-2-4-10)9(15)12-6-16-5-7(12)8(13)14/h7H,1-6,11H2,(H,13,14)/t7-/m0/s1. The third kappa shape index (κ3) is 1.91. The van der Waals surface area contributed by atoms with E-state index in [1.807, 2.05) is 0 Å². The van der Waals surface area contributed by atoms with Gasteiger partial charge >= 0.3 is 5.97 Å². The molecule has 1 heterocycles. The number of nitrogens with two attached hydrogens (primary N) is 1. The van der Waals surface area contributed by atoms with Gasteiger partial charge in [0.2, 0.25) is 5.91 Å². The monoisotopic (exact) mass is 244 g/mol. The summed E-state index contributed by atoms with van der Waals surface area (Å²) < 4.78 is 0. The van der Waals surface area contributed by atoms with Crippen molar-refractivity contribution in [1.29, 1.82) is 0 Å². The van der Waals surface area contributed by atoms with E-state index in [1.54, 1.807) is 0 Å². The molecule has 1 saturated heterocycles. The number of carbonyl (C=O) groups excluding carboxylic acids is 1. The fourth-order valence-electron chi connectivity index (χ4n) is 2.35. The molecule has 0 spiro atoms. The fourth-order valence-corrected chi connectivity index (χ4v) is 3.50. The molecule has 1 amide bonds. The van der Waals surface area contributed by atoms with Gasteiger partial charge in [-0.2, -0.15) is 0 Å². The summed E-state index contributed by atoms with van der Waals surface area (Å²) in [6.07, 6.45) is 3.28. The Hall–Kier alpha value is -0.750. The van der Waals surface area contributed by atoms with Crippen molar-refractivity contribution < 1.29 is 14.7 Å². The van der Waals surface area contributed by atoms with E-state index in [1.165, 1.54) is 16.7 Å². The number of hydrogen-bond acceptors (Lipinski definition) is 4. The third-order valence-corrected chi connectivity index (χ3v) is 4.36. The molecule has 1 aliphatic heterocycles. The van der Waals surface area contributed by atoms with E-state index in [2.05, 4.69) is 0 Å². The van der Waals surface area contributed by atoms with E-state index in [-0.39, 0.29) is 5.91 Å². The molecule has 0 unspecified atom stereocenters. The van der Waals surface area contributed by atoms with Gasteiger partial charge in [0.1, 0.15) is 6.04 Å². The number of nitrogens with zero attached hydrogens (tertiary/aromatic N) is 1. The summed E-state index contributed by atoms with van der Waals surface area (Å²) in [4.78, 5) is 24.6. The first-order valence-corrected chi connectivity index (χ1v) is 6.60. The summed E-state index contributed by atoms with van der Waals surface area (Å²) in [6, 6.07) is -0.696. The van der Waals surface area contributed by atoms with Crippen molar-refractivity contribution in [3.05, 3.63) is 0 Å². The average molecular weight is 244 g/mol. The number of rotatable bonds is 2. The number of hydrogen-bond donors (Lipinski definition) is 2. The first-order chi connectivity index (χ1) is 7.54. The Kier molecular flexibility index (Phi) is 3.12. The van der Waals surface area contributed by atoms with Gasteiger partial charge in [-0.25, -0.2) is 4.79 Å². The van der Waals surface area contributed by atoms with Gasteiger partial charge in [-0.1, -0.05) is 12.8 Å². The van der Waals surface area contributed by atoms with Crippen molar-refractivity contribution in [3.63, 3.8) is 0 Å². The lowest BCUT2D eigenvalue weighted by Gasteiger charge is -2.30. The highest BCUT2D eigenvalue weighted by Gasteiger charge is 2.45. The molecule has 0 aromatic rings. The van der Waals surface area contributed by atoms with Crippen molar-refractivity contribution in [2.24, 2.45) is 5.73 Å². The van der Waals surface area contributed by atoms with Gasteiger partial charge in [0.25, 0.3) is 0 Å². The predicted octanol–water partition coefficient (Wildman–Crippen LogP) is 0.244. The number of carboxylic acid groups (broad SMARTS) is 1. The van der Waals surface area contributed by atoms with Crippen molar-refractivity contribution in [3.8, 4) is 0 Å². The predicted molar refractivity (Wildman–Crippen MR) is 61.0 cm³/mol. The highest BCUT2D eigenvalue weighted by molar-refractivity contribution is 7.99. The molecule has 6 heteroatoms. The second-order valence-corrected chi connectivity index (χ2v) is 5.49. The molecule has 0 bridgehead atoms. The summed E-state index contributed by atoms with van der Waals surface area (Å²) in [6.45, 7) is 0. The van der Waals surface area contributed by atoms with Gasteiger partial charge in [0.05, 0.1) is 11.4 Å². The second-order valence-electron chi connectivity index (χ2n) is 4.49. The average Bonchev–Trinajstić information content (AvgIpc) is 2.85. The Balaban J connectivity index is 2.12. The third-order valence-electron chi connectivity index (χ3n) is 3.35. The van der Waals surface area contributed by atoms with Gasteiger partial charge < -0.3 is 15.7 Å². The van der Waals surface area contributed by atoms with Crippen molar-refractivity contribution in [1.82, 2.24) is 4.90 Å².